The molecule has 98 valence electrons. The molecule has 0 radical (unpaired) electrons. The zero-order valence-electron chi connectivity index (χ0n) is 10.9. The van der Waals surface area contributed by atoms with Crippen LogP contribution in [0.5, 0.6) is 0 Å². The van der Waals surface area contributed by atoms with Crippen molar-refractivity contribution in [3.63, 3.8) is 0 Å². The highest BCUT2D eigenvalue weighted by atomic mass is 16.1. The standard InChI is InChI=1S/C14H21N3O/c1-2-16-14(18)7-8-17-10-12(15)9-11-5-3-4-6-13(11)17/h3-6,12H,2,7-10,15H2,1H3,(H,16,18). The Labute approximate surface area is 108 Å². The second kappa shape index (κ2) is 5.87. The molecule has 1 atom stereocenters. The maximum absolute atomic E-state index is 11.5. The number of nitrogens with two attached hydrogens (primary N) is 1. The molecule has 4 nitrogen and oxygen atoms in total. The summed E-state index contributed by atoms with van der Waals surface area (Å²) in [6, 6.07) is 8.47. The normalized spacial score (nSPS) is 18.3. The zero-order valence-corrected chi connectivity index (χ0v) is 10.9. The molecule has 0 saturated carbocycles. The number of nitrogens with one attached hydrogen (secondary N) is 1. The first-order chi connectivity index (χ1) is 8.70. The summed E-state index contributed by atoms with van der Waals surface area (Å²) < 4.78 is 0. The third-order valence-electron chi connectivity index (χ3n) is 3.25. The van der Waals surface area contributed by atoms with E-state index in [1.54, 1.807) is 0 Å². The van der Waals surface area contributed by atoms with Crippen molar-refractivity contribution >= 4 is 11.6 Å². The molecule has 0 bridgehead atoms. The molecule has 1 heterocycles. The highest BCUT2D eigenvalue weighted by Crippen LogP contribution is 2.26. The molecule has 1 aromatic rings. The predicted molar refractivity (Wildman–Crippen MR) is 73.6 cm³/mol. The minimum Gasteiger partial charge on any atom is -0.369 e. The number of nitrogens with zero attached hydrogens (tertiary/aromatic N) is 1. The Morgan fingerprint density at radius 3 is 3.06 bits per heavy atom. The van der Waals surface area contributed by atoms with Crippen LogP contribution in [0.3, 0.4) is 0 Å². The lowest BCUT2D eigenvalue weighted by atomic mass is 9.98. The lowest BCUT2D eigenvalue weighted by Crippen LogP contribution is -2.44. The fourth-order valence-corrected chi connectivity index (χ4v) is 2.45. The van der Waals surface area contributed by atoms with Crippen LogP contribution in [0.4, 0.5) is 5.69 Å². The third-order valence-corrected chi connectivity index (χ3v) is 3.25. The molecular formula is C14H21N3O. The van der Waals surface area contributed by atoms with E-state index in [4.69, 9.17) is 5.73 Å². The van der Waals surface area contributed by atoms with Gasteiger partial charge in [0, 0.05) is 37.8 Å². The first-order valence-corrected chi connectivity index (χ1v) is 6.56. The largest absolute Gasteiger partial charge is 0.369 e. The van der Waals surface area contributed by atoms with Crippen molar-refractivity contribution in [2.24, 2.45) is 5.73 Å². The number of benzene rings is 1. The molecule has 3 N–H and O–H groups in total. The van der Waals surface area contributed by atoms with E-state index in [9.17, 15) is 4.79 Å². The molecule has 1 amide bonds. The van der Waals surface area contributed by atoms with Gasteiger partial charge in [0.05, 0.1) is 0 Å². The summed E-state index contributed by atoms with van der Waals surface area (Å²) in [6.45, 7) is 4.19. The second-order valence-corrected chi connectivity index (χ2v) is 4.74. The maximum Gasteiger partial charge on any atom is 0.221 e. The number of anilines is 1. The molecule has 0 aliphatic carbocycles. The van der Waals surface area contributed by atoms with Crippen LogP contribution >= 0.6 is 0 Å². The van der Waals surface area contributed by atoms with Crippen LogP contribution in [0.25, 0.3) is 0 Å². The topological polar surface area (TPSA) is 58.4 Å². The molecule has 18 heavy (non-hydrogen) atoms. The average Bonchev–Trinajstić information content (AvgIpc) is 2.36. The van der Waals surface area contributed by atoms with Gasteiger partial charge in [0.2, 0.25) is 5.91 Å². The van der Waals surface area contributed by atoms with E-state index < -0.39 is 0 Å². The van der Waals surface area contributed by atoms with Crippen LogP contribution in [-0.4, -0.2) is 31.6 Å². The molecule has 0 spiro atoms. The van der Waals surface area contributed by atoms with E-state index in [0.717, 1.165) is 19.5 Å². The molecule has 1 aromatic carbocycles. The summed E-state index contributed by atoms with van der Waals surface area (Å²) in [5, 5.41) is 2.82. The monoisotopic (exact) mass is 247 g/mol. The van der Waals surface area contributed by atoms with Crippen LogP contribution in [0.1, 0.15) is 18.9 Å². The van der Waals surface area contributed by atoms with Gasteiger partial charge in [-0.15, -0.1) is 0 Å². The molecule has 4 heteroatoms. The van der Waals surface area contributed by atoms with Crippen molar-refractivity contribution in [3.8, 4) is 0 Å². The summed E-state index contributed by atoms with van der Waals surface area (Å²) in [5.41, 5.74) is 8.57. The van der Waals surface area contributed by atoms with Crippen molar-refractivity contribution in [2.75, 3.05) is 24.5 Å². The van der Waals surface area contributed by atoms with Gasteiger partial charge in [-0.05, 0) is 25.0 Å². The van der Waals surface area contributed by atoms with Gasteiger partial charge in [-0.25, -0.2) is 0 Å². The number of fused-ring (bicyclic) bond motifs is 1. The Morgan fingerprint density at radius 1 is 1.50 bits per heavy atom. The predicted octanol–water partition coefficient (Wildman–Crippen LogP) is 0.903. The Hall–Kier alpha value is -1.55. The smallest absolute Gasteiger partial charge is 0.221 e. The fraction of sp³-hybridized carbons (Fsp3) is 0.500. The van der Waals surface area contributed by atoms with Crippen molar-refractivity contribution in [1.29, 1.82) is 0 Å². The summed E-state index contributed by atoms with van der Waals surface area (Å²) in [7, 11) is 0. The Morgan fingerprint density at radius 2 is 2.28 bits per heavy atom. The first-order valence-electron chi connectivity index (χ1n) is 6.56. The van der Waals surface area contributed by atoms with Crippen LogP contribution in [-0.2, 0) is 11.2 Å². The fourth-order valence-electron chi connectivity index (χ4n) is 2.45. The number of hydrogen-bond acceptors (Lipinski definition) is 3. The molecule has 0 fully saturated rings. The Kier molecular flexibility index (Phi) is 4.20. The van der Waals surface area contributed by atoms with E-state index >= 15 is 0 Å². The van der Waals surface area contributed by atoms with Crippen molar-refractivity contribution < 1.29 is 4.79 Å². The van der Waals surface area contributed by atoms with Gasteiger partial charge in [-0.2, -0.15) is 0 Å². The molecule has 1 aliphatic heterocycles. The molecule has 1 aliphatic rings. The summed E-state index contributed by atoms with van der Waals surface area (Å²) in [5.74, 6) is 0.106. The van der Waals surface area contributed by atoms with E-state index in [1.807, 2.05) is 19.1 Å². The number of carbonyl (C=O) groups excluding carboxylic acids is 1. The number of rotatable bonds is 4. The van der Waals surface area contributed by atoms with Gasteiger partial charge in [0.15, 0.2) is 0 Å². The molecular weight excluding hydrogens is 226 g/mol. The lowest BCUT2D eigenvalue weighted by molar-refractivity contribution is -0.120. The third kappa shape index (κ3) is 3.01. The Bertz CT molecular complexity index is 419. The number of amides is 1. The van der Waals surface area contributed by atoms with E-state index in [2.05, 4.69) is 22.3 Å². The van der Waals surface area contributed by atoms with Gasteiger partial charge in [0.1, 0.15) is 0 Å². The van der Waals surface area contributed by atoms with Gasteiger partial charge >= 0.3 is 0 Å². The summed E-state index contributed by atoms with van der Waals surface area (Å²) >= 11 is 0. The maximum atomic E-state index is 11.5. The highest BCUT2D eigenvalue weighted by molar-refractivity contribution is 5.76. The number of hydrogen-bond donors (Lipinski definition) is 2. The van der Waals surface area contributed by atoms with Gasteiger partial charge in [-0.3, -0.25) is 4.79 Å². The zero-order chi connectivity index (χ0) is 13.0. The summed E-state index contributed by atoms with van der Waals surface area (Å²) in [4.78, 5) is 13.7. The van der Waals surface area contributed by atoms with E-state index in [1.165, 1.54) is 11.3 Å². The molecule has 2 rings (SSSR count). The van der Waals surface area contributed by atoms with Gasteiger partial charge in [-0.1, -0.05) is 18.2 Å². The highest BCUT2D eigenvalue weighted by Gasteiger charge is 2.21. The van der Waals surface area contributed by atoms with Crippen molar-refractivity contribution in [2.45, 2.75) is 25.8 Å². The summed E-state index contributed by atoms with van der Waals surface area (Å²) in [6.07, 6.45) is 1.45. The first kappa shape index (κ1) is 12.9. The molecule has 0 aromatic heterocycles. The number of carbonyl (C=O) groups is 1. The van der Waals surface area contributed by atoms with Crippen molar-refractivity contribution in [1.82, 2.24) is 5.32 Å². The average molecular weight is 247 g/mol. The van der Waals surface area contributed by atoms with Gasteiger partial charge < -0.3 is 16.0 Å². The SMILES string of the molecule is CCNC(=O)CCN1CC(N)Cc2ccccc21. The van der Waals surface area contributed by atoms with Crippen LogP contribution in [0.15, 0.2) is 24.3 Å². The quantitative estimate of drug-likeness (QED) is 0.831. The number of para-hydroxylation sites is 1. The van der Waals surface area contributed by atoms with Crippen LogP contribution in [0, 0.1) is 0 Å². The van der Waals surface area contributed by atoms with Crippen LogP contribution < -0.4 is 16.0 Å². The minimum absolute atomic E-state index is 0.106. The Balaban J connectivity index is 2.02. The van der Waals surface area contributed by atoms with E-state index in [-0.39, 0.29) is 11.9 Å². The van der Waals surface area contributed by atoms with E-state index in [0.29, 0.717) is 13.0 Å². The lowest BCUT2D eigenvalue weighted by Gasteiger charge is -2.34. The van der Waals surface area contributed by atoms with Gasteiger partial charge in [0.25, 0.3) is 0 Å². The van der Waals surface area contributed by atoms with Crippen LogP contribution in [0.2, 0.25) is 0 Å². The molecule has 0 saturated heterocycles. The van der Waals surface area contributed by atoms with Crippen molar-refractivity contribution in [3.05, 3.63) is 29.8 Å². The molecule has 1 unspecified atom stereocenters. The second-order valence-electron chi connectivity index (χ2n) is 4.74. The minimum atomic E-state index is 0.106.